The summed E-state index contributed by atoms with van der Waals surface area (Å²) in [7, 11) is 0. The minimum atomic E-state index is -0.0399. The minimum Gasteiger partial charge on any atom is -0.358 e. The number of aromatic nitrogens is 2. The molecule has 0 spiro atoms. The number of hydrogen-bond acceptors (Lipinski definition) is 2. The van der Waals surface area contributed by atoms with Crippen molar-refractivity contribution in [1.29, 1.82) is 0 Å². The molecule has 1 amide bonds. The number of fused-ring (bicyclic) bond motifs is 1. The van der Waals surface area contributed by atoms with E-state index in [-0.39, 0.29) is 5.91 Å². The molecule has 2 aromatic heterocycles. The molecular formula is C19H21N3O. The molecule has 0 unspecified atom stereocenters. The summed E-state index contributed by atoms with van der Waals surface area (Å²) in [5.41, 5.74) is 5.27. The molecule has 0 aliphatic rings. The van der Waals surface area contributed by atoms with Crippen molar-refractivity contribution in [2.24, 2.45) is 0 Å². The van der Waals surface area contributed by atoms with Gasteiger partial charge in [-0.25, -0.2) is 4.98 Å². The molecule has 0 bridgehead atoms. The largest absolute Gasteiger partial charge is 0.358 e. The van der Waals surface area contributed by atoms with Crippen LogP contribution in [0.2, 0.25) is 0 Å². The van der Waals surface area contributed by atoms with Crippen molar-refractivity contribution < 1.29 is 4.79 Å². The summed E-state index contributed by atoms with van der Waals surface area (Å²) in [5.74, 6) is 0.576. The van der Waals surface area contributed by atoms with Crippen LogP contribution in [0.4, 0.5) is 5.82 Å². The van der Waals surface area contributed by atoms with Crippen LogP contribution in [0.15, 0.2) is 36.4 Å². The summed E-state index contributed by atoms with van der Waals surface area (Å²) >= 11 is 0. The number of pyridine rings is 1. The second-order valence-electron chi connectivity index (χ2n) is 5.88. The number of H-pyrrole nitrogens is 1. The fourth-order valence-electron chi connectivity index (χ4n) is 3.01. The summed E-state index contributed by atoms with van der Waals surface area (Å²) in [6, 6.07) is 12.0. The number of hydrogen-bond donors (Lipinski definition) is 2. The van der Waals surface area contributed by atoms with E-state index in [9.17, 15) is 4.79 Å². The molecule has 0 aliphatic heterocycles. The van der Waals surface area contributed by atoms with Gasteiger partial charge in [0.1, 0.15) is 5.82 Å². The van der Waals surface area contributed by atoms with Gasteiger partial charge in [0, 0.05) is 22.3 Å². The maximum absolute atomic E-state index is 12.4. The normalized spacial score (nSPS) is 10.9. The van der Waals surface area contributed by atoms with Gasteiger partial charge in [-0.05, 0) is 49.6 Å². The van der Waals surface area contributed by atoms with Crippen molar-refractivity contribution in [3.8, 4) is 0 Å². The maximum atomic E-state index is 12.4. The third kappa shape index (κ3) is 3.26. The second kappa shape index (κ2) is 6.24. The minimum absolute atomic E-state index is 0.0399. The Balaban J connectivity index is 1.85. The highest BCUT2D eigenvalue weighted by atomic mass is 16.1. The van der Waals surface area contributed by atoms with Crippen LogP contribution in [0.25, 0.3) is 10.9 Å². The second-order valence-corrected chi connectivity index (χ2v) is 5.88. The van der Waals surface area contributed by atoms with E-state index >= 15 is 0 Å². The number of carbonyl (C=O) groups excluding carboxylic acids is 1. The molecule has 0 fully saturated rings. The first kappa shape index (κ1) is 15.3. The Labute approximate surface area is 136 Å². The van der Waals surface area contributed by atoms with Crippen LogP contribution in [0.5, 0.6) is 0 Å². The van der Waals surface area contributed by atoms with Gasteiger partial charge in [-0.1, -0.05) is 25.1 Å². The van der Waals surface area contributed by atoms with Gasteiger partial charge in [0.25, 0.3) is 0 Å². The van der Waals surface area contributed by atoms with Crippen LogP contribution in [0, 0.1) is 13.8 Å². The number of para-hydroxylation sites is 1. The number of carbonyl (C=O) groups is 1. The zero-order valence-corrected chi connectivity index (χ0v) is 13.7. The summed E-state index contributed by atoms with van der Waals surface area (Å²) < 4.78 is 0. The van der Waals surface area contributed by atoms with Gasteiger partial charge in [-0.2, -0.15) is 0 Å². The molecule has 4 heteroatoms. The quantitative estimate of drug-likeness (QED) is 0.767. The first-order valence-corrected chi connectivity index (χ1v) is 7.90. The number of aryl methyl sites for hydroxylation is 3. The van der Waals surface area contributed by atoms with Crippen LogP contribution < -0.4 is 5.32 Å². The molecule has 0 atom stereocenters. The third-order valence-electron chi connectivity index (χ3n) is 3.96. The van der Waals surface area contributed by atoms with Gasteiger partial charge in [0.05, 0.1) is 6.42 Å². The number of rotatable bonds is 4. The predicted octanol–water partition coefficient (Wildman–Crippen LogP) is 3.92. The van der Waals surface area contributed by atoms with Gasteiger partial charge in [0.2, 0.25) is 5.91 Å². The van der Waals surface area contributed by atoms with Crippen molar-refractivity contribution in [2.75, 3.05) is 5.32 Å². The smallest absolute Gasteiger partial charge is 0.230 e. The number of anilines is 1. The Bertz CT molecular complexity index is 844. The monoisotopic (exact) mass is 307 g/mol. The van der Waals surface area contributed by atoms with Gasteiger partial charge >= 0.3 is 0 Å². The van der Waals surface area contributed by atoms with Crippen LogP contribution in [0.3, 0.4) is 0 Å². The molecule has 1 aromatic carbocycles. The zero-order valence-electron chi connectivity index (χ0n) is 13.7. The van der Waals surface area contributed by atoms with E-state index < -0.39 is 0 Å². The average Bonchev–Trinajstić information content (AvgIpc) is 2.84. The Morgan fingerprint density at radius 3 is 2.74 bits per heavy atom. The van der Waals surface area contributed by atoms with Crippen molar-refractivity contribution >= 4 is 22.6 Å². The molecule has 0 aliphatic carbocycles. The highest BCUT2D eigenvalue weighted by Crippen LogP contribution is 2.23. The number of amides is 1. The molecule has 3 rings (SSSR count). The van der Waals surface area contributed by atoms with Crippen LogP contribution in [0.1, 0.15) is 29.4 Å². The Kier molecular flexibility index (Phi) is 4.15. The van der Waals surface area contributed by atoms with E-state index in [1.54, 1.807) is 0 Å². The van der Waals surface area contributed by atoms with E-state index in [0.29, 0.717) is 12.2 Å². The third-order valence-corrected chi connectivity index (χ3v) is 3.96. The van der Waals surface area contributed by atoms with Crippen LogP contribution in [-0.4, -0.2) is 15.9 Å². The summed E-state index contributed by atoms with van der Waals surface area (Å²) in [4.78, 5) is 20.2. The molecule has 0 saturated carbocycles. The van der Waals surface area contributed by atoms with Crippen molar-refractivity contribution in [2.45, 2.75) is 33.6 Å². The number of nitrogens with one attached hydrogen (secondary N) is 2. The highest BCUT2D eigenvalue weighted by molar-refractivity contribution is 5.96. The molecule has 2 N–H and O–H groups in total. The summed E-state index contributed by atoms with van der Waals surface area (Å²) in [6.07, 6.45) is 1.22. The number of nitrogens with zero attached hydrogens (tertiary/aromatic N) is 1. The topological polar surface area (TPSA) is 57.8 Å². The van der Waals surface area contributed by atoms with E-state index in [1.807, 2.05) is 44.2 Å². The lowest BCUT2D eigenvalue weighted by Crippen LogP contribution is -2.16. The van der Waals surface area contributed by atoms with Crippen molar-refractivity contribution in [3.63, 3.8) is 0 Å². The highest BCUT2D eigenvalue weighted by Gasteiger charge is 2.14. The first-order valence-electron chi connectivity index (χ1n) is 7.90. The maximum Gasteiger partial charge on any atom is 0.230 e. The van der Waals surface area contributed by atoms with E-state index in [0.717, 1.165) is 39.8 Å². The molecule has 0 saturated heterocycles. The lowest BCUT2D eigenvalue weighted by molar-refractivity contribution is -0.115. The fourth-order valence-corrected chi connectivity index (χ4v) is 3.01. The molecular weight excluding hydrogens is 286 g/mol. The SMILES string of the molecule is CCc1[nH]c2ccccc2c1CC(=O)Nc1cc(C)cc(C)n1. The molecule has 0 radical (unpaired) electrons. The van der Waals surface area contributed by atoms with Gasteiger partial charge in [-0.15, -0.1) is 0 Å². The zero-order chi connectivity index (χ0) is 16.4. The van der Waals surface area contributed by atoms with Gasteiger partial charge in [0.15, 0.2) is 0 Å². The lowest BCUT2D eigenvalue weighted by Gasteiger charge is -2.07. The predicted molar refractivity (Wildman–Crippen MR) is 93.7 cm³/mol. The van der Waals surface area contributed by atoms with E-state index in [4.69, 9.17) is 0 Å². The van der Waals surface area contributed by atoms with E-state index in [2.05, 4.69) is 28.3 Å². The van der Waals surface area contributed by atoms with Crippen LogP contribution in [-0.2, 0) is 17.6 Å². The first-order chi connectivity index (χ1) is 11.1. The Morgan fingerprint density at radius 2 is 2.00 bits per heavy atom. The van der Waals surface area contributed by atoms with Crippen molar-refractivity contribution in [1.82, 2.24) is 9.97 Å². The number of benzene rings is 1. The number of aromatic amines is 1. The average molecular weight is 307 g/mol. The molecule has 4 nitrogen and oxygen atoms in total. The summed E-state index contributed by atoms with van der Waals surface area (Å²) in [6.45, 7) is 6.02. The fraction of sp³-hybridized carbons (Fsp3) is 0.263. The standard InChI is InChI=1S/C19H21N3O/c1-4-16-15(14-7-5-6-8-17(14)21-16)11-19(23)22-18-10-12(2)9-13(3)20-18/h5-10,21H,4,11H2,1-3H3,(H,20,22,23). The molecule has 118 valence electrons. The summed E-state index contributed by atoms with van der Waals surface area (Å²) in [5, 5.41) is 4.03. The Hall–Kier alpha value is -2.62. The molecule has 3 aromatic rings. The van der Waals surface area contributed by atoms with Crippen molar-refractivity contribution in [3.05, 3.63) is 58.9 Å². The molecule has 2 heterocycles. The Morgan fingerprint density at radius 1 is 1.22 bits per heavy atom. The van der Waals surface area contributed by atoms with E-state index in [1.165, 1.54) is 0 Å². The van der Waals surface area contributed by atoms with Crippen LogP contribution >= 0.6 is 0 Å². The van der Waals surface area contributed by atoms with Gasteiger partial charge in [-0.3, -0.25) is 4.79 Å². The lowest BCUT2D eigenvalue weighted by atomic mass is 10.1. The van der Waals surface area contributed by atoms with Gasteiger partial charge < -0.3 is 10.3 Å². The molecule has 23 heavy (non-hydrogen) atoms.